The molecule has 0 bridgehead atoms. The Balaban J connectivity index is 2.52. The molecular weight excluding hydrogens is 226 g/mol. The number of carbonyl (C=O) groups is 1. The van der Waals surface area contributed by atoms with Gasteiger partial charge in [-0.1, -0.05) is 30.3 Å². The Kier molecular flexibility index (Phi) is 6.39. The Hall–Kier alpha value is -1.39. The first-order valence-corrected chi connectivity index (χ1v) is 6.37. The van der Waals surface area contributed by atoms with Crippen LogP contribution in [0.1, 0.15) is 12.5 Å². The molecule has 0 spiro atoms. The van der Waals surface area contributed by atoms with Crippen molar-refractivity contribution in [3.63, 3.8) is 0 Å². The lowest BCUT2D eigenvalue weighted by molar-refractivity contribution is -0.132. The summed E-state index contributed by atoms with van der Waals surface area (Å²) in [5, 5.41) is 0. The summed E-state index contributed by atoms with van der Waals surface area (Å²) in [5.74, 6) is 0.150. The van der Waals surface area contributed by atoms with Crippen molar-refractivity contribution in [1.82, 2.24) is 9.80 Å². The van der Waals surface area contributed by atoms with E-state index >= 15 is 0 Å². The number of hydrogen-bond donors (Lipinski definition) is 1. The SMILES string of the molecule is CCN(Cc1ccccc1)C(=O)CN(C)CCN. The maximum atomic E-state index is 12.1. The first-order chi connectivity index (χ1) is 8.67. The summed E-state index contributed by atoms with van der Waals surface area (Å²) >= 11 is 0. The Morgan fingerprint density at radius 2 is 1.94 bits per heavy atom. The van der Waals surface area contributed by atoms with E-state index in [0.29, 0.717) is 19.6 Å². The molecule has 0 unspecified atom stereocenters. The minimum Gasteiger partial charge on any atom is -0.338 e. The van der Waals surface area contributed by atoms with E-state index in [1.165, 1.54) is 0 Å². The van der Waals surface area contributed by atoms with Gasteiger partial charge in [0.05, 0.1) is 6.54 Å². The molecule has 18 heavy (non-hydrogen) atoms. The number of amides is 1. The molecule has 0 heterocycles. The molecule has 0 aliphatic carbocycles. The molecule has 1 aromatic rings. The van der Waals surface area contributed by atoms with E-state index in [9.17, 15) is 4.79 Å². The van der Waals surface area contributed by atoms with Crippen molar-refractivity contribution < 1.29 is 4.79 Å². The van der Waals surface area contributed by atoms with Gasteiger partial charge in [-0.3, -0.25) is 9.69 Å². The summed E-state index contributed by atoms with van der Waals surface area (Å²) < 4.78 is 0. The number of rotatable bonds is 7. The third-order valence-electron chi connectivity index (χ3n) is 2.87. The third-order valence-corrected chi connectivity index (χ3v) is 2.87. The van der Waals surface area contributed by atoms with E-state index in [4.69, 9.17) is 5.73 Å². The lowest BCUT2D eigenvalue weighted by atomic mass is 10.2. The minimum absolute atomic E-state index is 0.150. The van der Waals surface area contributed by atoms with Gasteiger partial charge in [-0.15, -0.1) is 0 Å². The summed E-state index contributed by atoms with van der Waals surface area (Å²) in [5.41, 5.74) is 6.63. The van der Waals surface area contributed by atoms with Crippen molar-refractivity contribution in [1.29, 1.82) is 0 Å². The number of carbonyl (C=O) groups excluding carboxylic acids is 1. The summed E-state index contributed by atoms with van der Waals surface area (Å²) in [6.45, 7) is 5.15. The van der Waals surface area contributed by atoms with Gasteiger partial charge >= 0.3 is 0 Å². The number of benzene rings is 1. The third kappa shape index (κ3) is 4.85. The van der Waals surface area contributed by atoms with Crippen LogP contribution in [-0.4, -0.2) is 48.9 Å². The van der Waals surface area contributed by atoms with E-state index in [1.54, 1.807) is 0 Å². The van der Waals surface area contributed by atoms with Gasteiger partial charge in [0.1, 0.15) is 0 Å². The van der Waals surface area contributed by atoms with Crippen molar-refractivity contribution in [2.45, 2.75) is 13.5 Å². The fourth-order valence-corrected chi connectivity index (χ4v) is 1.81. The molecule has 0 fully saturated rings. The lowest BCUT2D eigenvalue weighted by Gasteiger charge is -2.24. The fourth-order valence-electron chi connectivity index (χ4n) is 1.81. The maximum Gasteiger partial charge on any atom is 0.237 e. The summed E-state index contributed by atoms with van der Waals surface area (Å²) in [7, 11) is 1.92. The van der Waals surface area contributed by atoms with Gasteiger partial charge in [0.25, 0.3) is 0 Å². The Morgan fingerprint density at radius 3 is 2.50 bits per heavy atom. The monoisotopic (exact) mass is 249 g/mol. The standard InChI is InChI=1S/C14H23N3O/c1-3-17(11-13-7-5-4-6-8-13)14(18)12-16(2)10-9-15/h4-8H,3,9-12,15H2,1-2H3. The molecule has 2 N–H and O–H groups in total. The van der Waals surface area contributed by atoms with Crippen molar-refractivity contribution in [2.75, 3.05) is 33.2 Å². The highest BCUT2D eigenvalue weighted by atomic mass is 16.2. The lowest BCUT2D eigenvalue weighted by Crippen LogP contribution is -2.40. The number of nitrogens with zero attached hydrogens (tertiary/aromatic N) is 2. The Morgan fingerprint density at radius 1 is 1.28 bits per heavy atom. The van der Waals surface area contributed by atoms with E-state index in [2.05, 4.69) is 0 Å². The molecular formula is C14H23N3O. The predicted octanol–water partition coefficient (Wildman–Crippen LogP) is 0.926. The van der Waals surface area contributed by atoms with Crippen LogP contribution in [0.3, 0.4) is 0 Å². The normalized spacial score (nSPS) is 10.7. The zero-order valence-corrected chi connectivity index (χ0v) is 11.3. The van der Waals surface area contributed by atoms with Crippen LogP contribution in [0, 0.1) is 0 Å². The van der Waals surface area contributed by atoms with Crippen LogP contribution in [0.2, 0.25) is 0 Å². The second kappa shape index (κ2) is 7.84. The summed E-state index contributed by atoms with van der Waals surface area (Å²) in [4.78, 5) is 15.9. The highest BCUT2D eigenvalue weighted by Crippen LogP contribution is 2.04. The maximum absolute atomic E-state index is 12.1. The summed E-state index contributed by atoms with van der Waals surface area (Å²) in [6, 6.07) is 10.1. The molecule has 0 aliphatic rings. The van der Waals surface area contributed by atoms with E-state index in [0.717, 1.165) is 18.7 Å². The van der Waals surface area contributed by atoms with Crippen LogP contribution >= 0.6 is 0 Å². The van der Waals surface area contributed by atoms with Gasteiger partial charge in [0.2, 0.25) is 5.91 Å². The van der Waals surface area contributed by atoms with Crippen LogP contribution < -0.4 is 5.73 Å². The van der Waals surface area contributed by atoms with Gasteiger partial charge in [-0.25, -0.2) is 0 Å². The van der Waals surface area contributed by atoms with Crippen molar-refractivity contribution in [2.24, 2.45) is 5.73 Å². The fraction of sp³-hybridized carbons (Fsp3) is 0.500. The van der Waals surface area contributed by atoms with E-state index < -0.39 is 0 Å². The van der Waals surface area contributed by atoms with Crippen molar-refractivity contribution in [3.05, 3.63) is 35.9 Å². The molecule has 1 amide bonds. The average Bonchev–Trinajstić information content (AvgIpc) is 2.37. The minimum atomic E-state index is 0.150. The van der Waals surface area contributed by atoms with Gasteiger partial charge < -0.3 is 10.6 Å². The number of likely N-dealkylation sites (N-methyl/N-ethyl adjacent to an activating group) is 2. The van der Waals surface area contributed by atoms with Crippen LogP contribution in [0.15, 0.2) is 30.3 Å². The highest BCUT2D eigenvalue weighted by Gasteiger charge is 2.13. The van der Waals surface area contributed by atoms with Crippen LogP contribution in [-0.2, 0) is 11.3 Å². The molecule has 0 saturated heterocycles. The molecule has 0 saturated carbocycles. The summed E-state index contributed by atoms with van der Waals surface area (Å²) in [6.07, 6.45) is 0. The Labute approximate surface area is 109 Å². The van der Waals surface area contributed by atoms with Crippen LogP contribution in [0.4, 0.5) is 0 Å². The molecule has 1 rings (SSSR count). The molecule has 4 heteroatoms. The molecule has 0 aliphatic heterocycles. The zero-order valence-electron chi connectivity index (χ0n) is 11.3. The molecule has 0 radical (unpaired) electrons. The van der Waals surface area contributed by atoms with Gasteiger partial charge in [-0.2, -0.15) is 0 Å². The van der Waals surface area contributed by atoms with Gasteiger partial charge in [0.15, 0.2) is 0 Å². The van der Waals surface area contributed by atoms with Gasteiger partial charge in [0, 0.05) is 26.2 Å². The van der Waals surface area contributed by atoms with Crippen molar-refractivity contribution in [3.8, 4) is 0 Å². The Bertz CT molecular complexity index is 353. The largest absolute Gasteiger partial charge is 0.338 e. The molecule has 0 aromatic heterocycles. The molecule has 4 nitrogen and oxygen atoms in total. The van der Waals surface area contributed by atoms with Crippen molar-refractivity contribution >= 4 is 5.91 Å². The first kappa shape index (κ1) is 14.7. The van der Waals surface area contributed by atoms with E-state index in [-0.39, 0.29) is 5.91 Å². The molecule has 100 valence electrons. The number of hydrogen-bond acceptors (Lipinski definition) is 3. The average molecular weight is 249 g/mol. The molecule has 0 atom stereocenters. The first-order valence-electron chi connectivity index (χ1n) is 6.37. The highest BCUT2D eigenvalue weighted by molar-refractivity contribution is 5.78. The van der Waals surface area contributed by atoms with Gasteiger partial charge in [-0.05, 0) is 19.5 Å². The second-order valence-corrected chi connectivity index (χ2v) is 4.42. The second-order valence-electron chi connectivity index (χ2n) is 4.42. The van der Waals surface area contributed by atoms with Crippen LogP contribution in [0.5, 0.6) is 0 Å². The zero-order chi connectivity index (χ0) is 13.4. The quantitative estimate of drug-likeness (QED) is 0.782. The molecule has 1 aromatic carbocycles. The van der Waals surface area contributed by atoms with Crippen LogP contribution in [0.25, 0.3) is 0 Å². The smallest absolute Gasteiger partial charge is 0.237 e. The number of nitrogens with two attached hydrogens (primary N) is 1. The van der Waals surface area contributed by atoms with E-state index in [1.807, 2.05) is 54.1 Å². The topological polar surface area (TPSA) is 49.6 Å². The predicted molar refractivity (Wildman–Crippen MR) is 74.1 cm³/mol.